The maximum absolute atomic E-state index is 11.3. The first-order chi connectivity index (χ1) is 14.9. The third kappa shape index (κ3) is 18.0. The van der Waals surface area contributed by atoms with Crippen LogP contribution in [0.15, 0.2) is 36.7 Å². The van der Waals surface area contributed by atoms with Crippen LogP contribution in [0, 0.1) is 11.8 Å². The van der Waals surface area contributed by atoms with Gasteiger partial charge in [-0.15, -0.1) is 0 Å². The third-order valence-corrected chi connectivity index (χ3v) is 5.13. The van der Waals surface area contributed by atoms with Crippen LogP contribution in [0.3, 0.4) is 0 Å². The highest BCUT2D eigenvalue weighted by atomic mass is 16.4. The standard InChI is InChI=1S/C18H32O6.C6H7N/c1-2-3-4-5-6-7-9-14(17(21)22)10-8-11-15(18(23)24)12-13-16(19)20;1-2-4-6-7-5-3-1/h14-15H,2-13H2,1H3,(H,19,20)(H,21,22)(H,23,24);1-7H. The average molecular weight is 438 g/mol. The van der Waals surface area contributed by atoms with Gasteiger partial charge in [0, 0.05) is 18.8 Å². The highest BCUT2D eigenvalue weighted by Gasteiger charge is 2.21. The predicted molar refractivity (Wildman–Crippen MR) is 122 cm³/mol. The van der Waals surface area contributed by atoms with Crippen molar-refractivity contribution in [2.45, 2.75) is 84.0 Å². The summed E-state index contributed by atoms with van der Waals surface area (Å²) in [5.74, 6) is -3.96. The number of rotatable bonds is 16. The second kappa shape index (κ2) is 19.4. The zero-order valence-electron chi connectivity index (χ0n) is 18.7. The van der Waals surface area contributed by atoms with E-state index in [9.17, 15) is 19.5 Å². The summed E-state index contributed by atoms with van der Waals surface area (Å²) in [6, 6.07) is 0. The Hall–Kier alpha value is -2.57. The molecule has 4 N–H and O–H groups in total. The van der Waals surface area contributed by atoms with Crippen molar-refractivity contribution in [3.05, 3.63) is 36.7 Å². The molecule has 0 bridgehead atoms. The van der Waals surface area contributed by atoms with Crippen molar-refractivity contribution in [2.75, 3.05) is 0 Å². The first kappa shape index (κ1) is 28.4. The Morgan fingerprint density at radius 3 is 1.68 bits per heavy atom. The van der Waals surface area contributed by atoms with Gasteiger partial charge < -0.3 is 20.6 Å². The van der Waals surface area contributed by atoms with Crippen molar-refractivity contribution in [3.8, 4) is 0 Å². The molecule has 7 heteroatoms. The summed E-state index contributed by atoms with van der Waals surface area (Å²) >= 11 is 0. The molecular weight excluding hydrogens is 398 g/mol. The van der Waals surface area contributed by atoms with Crippen molar-refractivity contribution >= 4 is 17.9 Å². The fourth-order valence-electron chi connectivity index (χ4n) is 3.27. The lowest BCUT2D eigenvalue weighted by atomic mass is 9.91. The van der Waals surface area contributed by atoms with Gasteiger partial charge in [0.05, 0.1) is 11.8 Å². The van der Waals surface area contributed by atoms with E-state index in [4.69, 9.17) is 10.2 Å². The molecule has 1 rings (SSSR count). The maximum Gasteiger partial charge on any atom is 0.306 e. The van der Waals surface area contributed by atoms with Crippen LogP contribution in [0.2, 0.25) is 0 Å². The van der Waals surface area contributed by atoms with Gasteiger partial charge in [0.15, 0.2) is 0 Å². The van der Waals surface area contributed by atoms with E-state index >= 15 is 0 Å². The Balaban J connectivity index is 0.00000107. The average Bonchev–Trinajstić information content (AvgIpc) is 3.04. The van der Waals surface area contributed by atoms with Crippen LogP contribution in [-0.4, -0.2) is 33.2 Å². The highest BCUT2D eigenvalue weighted by Crippen LogP contribution is 2.22. The van der Waals surface area contributed by atoms with E-state index in [2.05, 4.69) is 12.2 Å². The molecule has 0 amide bonds. The van der Waals surface area contributed by atoms with Crippen LogP contribution in [-0.2, 0) is 14.4 Å². The molecule has 1 aliphatic heterocycles. The van der Waals surface area contributed by atoms with Crippen molar-refractivity contribution < 1.29 is 29.7 Å². The Kier molecular flexibility index (Phi) is 17.8. The molecule has 0 aromatic rings. The van der Waals surface area contributed by atoms with Crippen molar-refractivity contribution in [1.82, 2.24) is 5.32 Å². The van der Waals surface area contributed by atoms with Gasteiger partial charge >= 0.3 is 17.9 Å². The molecule has 2 unspecified atom stereocenters. The van der Waals surface area contributed by atoms with Crippen molar-refractivity contribution in [3.63, 3.8) is 0 Å². The molecule has 0 spiro atoms. The predicted octanol–water partition coefficient (Wildman–Crippen LogP) is 5.35. The van der Waals surface area contributed by atoms with Crippen LogP contribution < -0.4 is 5.32 Å². The van der Waals surface area contributed by atoms with Crippen LogP contribution in [0.25, 0.3) is 0 Å². The number of carboxylic acids is 3. The second-order valence-corrected chi connectivity index (χ2v) is 7.76. The van der Waals surface area contributed by atoms with Crippen molar-refractivity contribution in [2.24, 2.45) is 11.8 Å². The summed E-state index contributed by atoms with van der Waals surface area (Å²) in [5, 5.41) is 29.9. The zero-order chi connectivity index (χ0) is 23.3. The van der Waals surface area contributed by atoms with Gasteiger partial charge in [-0.2, -0.15) is 0 Å². The van der Waals surface area contributed by atoms with Gasteiger partial charge in [0.1, 0.15) is 0 Å². The van der Waals surface area contributed by atoms with Gasteiger partial charge in [-0.3, -0.25) is 14.4 Å². The smallest absolute Gasteiger partial charge is 0.306 e. The molecule has 7 nitrogen and oxygen atoms in total. The molecule has 0 fully saturated rings. The van der Waals surface area contributed by atoms with Crippen molar-refractivity contribution in [1.29, 1.82) is 0 Å². The molecule has 0 aliphatic carbocycles. The van der Waals surface area contributed by atoms with E-state index in [0.717, 1.165) is 19.3 Å². The lowest BCUT2D eigenvalue weighted by molar-refractivity contribution is -0.143. The number of hydrogen-bond acceptors (Lipinski definition) is 4. The van der Waals surface area contributed by atoms with Crippen LogP contribution in [0.1, 0.15) is 84.0 Å². The van der Waals surface area contributed by atoms with Gasteiger partial charge in [-0.05, 0) is 37.8 Å². The Bertz CT molecular complexity index is 583. The third-order valence-electron chi connectivity index (χ3n) is 5.13. The number of aliphatic carboxylic acids is 3. The molecule has 0 aromatic heterocycles. The maximum atomic E-state index is 11.3. The topological polar surface area (TPSA) is 124 Å². The summed E-state index contributed by atoms with van der Waals surface area (Å²) in [4.78, 5) is 32.9. The summed E-state index contributed by atoms with van der Waals surface area (Å²) in [5.41, 5.74) is 0. The molecule has 176 valence electrons. The number of nitrogens with one attached hydrogen (secondary N) is 1. The first-order valence-electron chi connectivity index (χ1n) is 11.3. The Labute approximate surface area is 185 Å². The fourth-order valence-corrected chi connectivity index (χ4v) is 3.27. The summed E-state index contributed by atoms with van der Waals surface area (Å²) < 4.78 is 0. The largest absolute Gasteiger partial charge is 0.481 e. The molecule has 0 saturated carbocycles. The summed E-state index contributed by atoms with van der Waals surface area (Å²) in [6.07, 6.45) is 20.1. The van der Waals surface area contributed by atoms with Gasteiger partial charge in [-0.1, -0.05) is 64.0 Å². The quantitative estimate of drug-likeness (QED) is 0.240. The molecule has 0 radical (unpaired) electrons. The van der Waals surface area contributed by atoms with E-state index in [1.54, 1.807) is 0 Å². The number of carbonyl (C=O) groups is 3. The lowest BCUT2D eigenvalue weighted by Gasteiger charge is -2.14. The van der Waals surface area contributed by atoms with Crippen LogP contribution >= 0.6 is 0 Å². The van der Waals surface area contributed by atoms with Crippen LogP contribution in [0.4, 0.5) is 0 Å². The van der Waals surface area contributed by atoms with E-state index in [0.29, 0.717) is 25.7 Å². The molecule has 1 aliphatic rings. The zero-order valence-corrected chi connectivity index (χ0v) is 18.7. The van der Waals surface area contributed by atoms with Crippen LogP contribution in [0.5, 0.6) is 0 Å². The SMILES string of the molecule is C1=CC=CNC=C1.CCCCCCCCC(CCCC(CCC(=O)O)C(=O)O)C(=O)O. The number of unbranched alkanes of at least 4 members (excludes halogenated alkanes) is 5. The van der Waals surface area contributed by atoms with E-state index < -0.39 is 29.7 Å². The second-order valence-electron chi connectivity index (χ2n) is 7.76. The minimum absolute atomic E-state index is 0.0971. The monoisotopic (exact) mass is 437 g/mol. The Morgan fingerprint density at radius 2 is 1.16 bits per heavy atom. The molecule has 31 heavy (non-hydrogen) atoms. The number of hydrogen-bond donors (Lipinski definition) is 4. The molecule has 0 saturated heterocycles. The first-order valence-corrected chi connectivity index (χ1v) is 11.3. The minimum Gasteiger partial charge on any atom is -0.481 e. The number of carboxylic acid groups (broad SMARTS) is 3. The molecule has 2 atom stereocenters. The van der Waals surface area contributed by atoms with E-state index in [1.165, 1.54) is 19.3 Å². The fraction of sp³-hybridized carbons (Fsp3) is 0.625. The van der Waals surface area contributed by atoms with Gasteiger partial charge in [0.2, 0.25) is 0 Å². The number of allylic oxidation sites excluding steroid dienone is 4. The lowest BCUT2D eigenvalue weighted by Crippen LogP contribution is -2.17. The normalized spacial score (nSPS) is 14.0. The highest BCUT2D eigenvalue weighted by molar-refractivity contribution is 5.72. The molecule has 1 heterocycles. The Morgan fingerprint density at radius 1 is 0.677 bits per heavy atom. The van der Waals surface area contributed by atoms with Gasteiger partial charge in [-0.25, -0.2) is 0 Å². The molecular formula is C24H39NO6. The summed E-state index contributed by atoms with van der Waals surface area (Å²) in [6.45, 7) is 2.15. The van der Waals surface area contributed by atoms with E-state index in [1.807, 2.05) is 36.7 Å². The van der Waals surface area contributed by atoms with E-state index in [-0.39, 0.29) is 12.8 Å². The molecule has 0 aromatic carbocycles. The van der Waals surface area contributed by atoms with Gasteiger partial charge in [0.25, 0.3) is 0 Å². The minimum atomic E-state index is -1.01. The summed E-state index contributed by atoms with van der Waals surface area (Å²) in [7, 11) is 0.